The summed E-state index contributed by atoms with van der Waals surface area (Å²) < 4.78 is 47.9. The van der Waals surface area contributed by atoms with Crippen molar-refractivity contribution in [3.05, 3.63) is 111 Å². The summed E-state index contributed by atoms with van der Waals surface area (Å²) in [4.78, 5) is 53.3. The molecule has 13 heteroatoms. The summed E-state index contributed by atoms with van der Waals surface area (Å²) in [6.07, 6.45) is 0.724. The first-order valence-corrected chi connectivity index (χ1v) is 11.9. The average Bonchev–Trinajstić information content (AvgIpc) is 2.91. The second kappa shape index (κ2) is 11.4. The molecule has 1 aliphatic rings. The highest BCUT2D eigenvalue weighted by Crippen LogP contribution is 2.25. The van der Waals surface area contributed by atoms with Crippen LogP contribution < -0.4 is 20.5 Å². The summed E-state index contributed by atoms with van der Waals surface area (Å²) in [5.74, 6) is -6.18. The van der Waals surface area contributed by atoms with Crippen molar-refractivity contribution in [2.45, 2.75) is 26.1 Å². The van der Waals surface area contributed by atoms with E-state index >= 15 is 0 Å². The van der Waals surface area contributed by atoms with Crippen LogP contribution in [0.4, 0.5) is 18.0 Å². The summed E-state index contributed by atoms with van der Waals surface area (Å²) in [7, 11) is 0. The fourth-order valence-electron chi connectivity index (χ4n) is 4.00. The minimum atomic E-state index is -1.52. The lowest BCUT2D eigenvalue weighted by Gasteiger charge is -2.39. The second-order valence-electron chi connectivity index (χ2n) is 8.77. The van der Waals surface area contributed by atoms with Crippen LogP contribution in [0, 0.1) is 17.5 Å². The Labute approximate surface area is 225 Å². The lowest BCUT2D eigenvalue weighted by Crippen LogP contribution is -2.58. The fourth-order valence-corrected chi connectivity index (χ4v) is 4.00. The Hall–Kier alpha value is -5.07. The Kier molecular flexibility index (Phi) is 7.93. The summed E-state index contributed by atoms with van der Waals surface area (Å²) >= 11 is 0. The first kappa shape index (κ1) is 28.0. The van der Waals surface area contributed by atoms with Crippen LogP contribution in [0.1, 0.15) is 38.9 Å². The summed E-state index contributed by atoms with van der Waals surface area (Å²) in [5.41, 5.74) is -2.24. The molecule has 0 fully saturated rings. The number of pyridine rings is 1. The van der Waals surface area contributed by atoms with E-state index in [1.807, 2.05) is 0 Å². The van der Waals surface area contributed by atoms with Crippen LogP contribution in [0.5, 0.6) is 5.75 Å². The van der Waals surface area contributed by atoms with Gasteiger partial charge in [0.05, 0.1) is 0 Å². The van der Waals surface area contributed by atoms with E-state index in [0.29, 0.717) is 22.7 Å². The first-order valence-electron chi connectivity index (χ1n) is 11.9. The van der Waals surface area contributed by atoms with Gasteiger partial charge in [-0.2, -0.15) is 5.01 Å². The van der Waals surface area contributed by atoms with E-state index in [9.17, 15) is 37.5 Å². The Morgan fingerprint density at radius 1 is 1.15 bits per heavy atom. The number of carbonyl (C=O) groups is 3. The van der Waals surface area contributed by atoms with Gasteiger partial charge in [0.25, 0.3) is 11.8 Å². The van der Waals surface area contributed by atoms with Gasteiger partial charge in [-0.05, 0) is 12.5 Å². The monoisotopic (exact) mass is 556 g/mol. The third-order valence-corrected chi connectivity index (χ3v) is 6.21. The van der Waals surface area contributed by atoms with Gasteiger partial charge in [0.1, 0.15) is 36.3 Å². The zero-order chi connectivity index (χ0) is 29.1. The molecule has 0 saturated carbocycles. The van der Waals surface area contributed by atoms with E-state index < -0.39 is 82.6 Å². The third-order valence-electron chi connectivity index (χ3n) is 6.21. The molecule has 2 heterocycles. The smallest absolute Gasteiger partial charge is 0.428 e. The number of halogens is 3. The fraction of sp³-hybridized carbons (Fsp3) is 0.185. The van der Waals surface area contributed by atoms with Crippen molar-refractivity contribution < 1.29 is 37.4 Å². The molecule has 40 heavy (non-hydrogen) atoms. The van der Waals surface area contributed by atoms with Crippen molar-refractivity contribution >= 4 is 17.9 Å². The zero-order valence-corrected chi connectivity index (χ0v) is 21.1. The molecule has 0 radical (unpaired) electrons. The van der Waals surface area contributed by atoms with Crippen LogP contribution in [0.3, 0.4) is 0 Å². The maximum atomic E-state index is 14.1. The van der Waals surface area contributed by atoms with Gasteiger partial charge in [-0.3, -0.25) is 14.4 Å². The number of ether oxygens (including phenoxy) is 1. The van der Waals surface area contributed by atoms with Crippen LogP contribution in [0.15, 0.2) is 66.1 Å². The molecule has 2 N–H and O–H groups in total. The molecule has 0 saturated heterocycles. The first-order chi connectivity index (χ1) is 19.0. The normalized spacial score (nSPS) is 13.4. The molecule has 1 aromatic heterocycles. The predicted molar refractivity (Wildman–Crippen MR) is 136 cm³/mol. The largest absolute Gasteiger partial charge is 0.482 e. The number of amides is 3. The molecule has 0 aliphatic carbocycles. The summed E-state index contributed by atoms with van der Waals surface area (Å²) in [6.45, 7) is 3.78. The van der Waals surface area contributed by atoms with Crippen molar-refractivity contribution in [1.82, 2.24) is 14.9 Å². The van der Waals surface area contributed by atoms with Gasteiger partial charge >= 0.3 is 6.09 Å². The predicted octanol–water partition coefficient (Wildman–Crippen LogP) is 3.38. The molecule has 208 valence electrons. The Morgan fingerprint density at radius 2 is 1.80 bits per heavy atom. The maximum Gasteiger partial charge on any atom is 0.428 e. The van der Waals surface area contributed by atoms with Crippen LogP contribution in [-0.4, -0.2) is 45.3 Å². The molecule has 0 unspecified atom stereocenters. The second-order valence-corrected chi connectivity index (χ2v) is 8.77. The Balaban J connectivity index is 1.80. The minimum Gasteiger partial charge on any atom is -0.482 e. The highest BCUT2D eigenvalue weighted by molar-refractivity contribution is 6.01. The summed E-state index contributed by atoms with van der Waals surface area (Å²) in [6, 6.07) is 8.77. The number of aromatic nitrogens is 1. The molecule has 3 amide bonds. The van der Waals surface area contributed by atoms with Crippen molar-refractivity contribution in [3.8, 4) is 5.75 Å². The van der Waals surface area contributed by atoms with Gasteiger partial charge in [-0.15, -0.1) is 6.58 Å². The molecular weight excluding hydrogens is 533 g/mol. The van der Waals surface area contributed by atoms with Crippen LogP contribution in [-0.2, 0) is 13.2 Å². The summed E-state index contributed by atoms with van der Waals surface area (Å²) in [5, 5.41) is 12.7. The zero-order valence-electron chi connectivity index (χ0n) is 21.1. The number of carbonyl (C=O) groups excluding carboxylic acids is 2. The van der Waals surface area contributed by atoms with Crippen molar-refractivity contribution in [2.75, 3.05) is 11.7 Å². The average molecular weight is 556 g/mol. The Morgan fingerprint density at radius 3 is 2.40 bits per heavy atom. The van der Waals surface area contributed by atoms with Gasteiger partial charge in [0.15, 0.2) is 11.4 Å². The van der Waals surface area contributed by atoms with E-state index in [1.165, 1.54) is 6.08 Å². The van der Waals surface area contributed by atoms with E-state index in [4.69, 9.17) is 4.74 Å². The van der Waals surface area contributed by atoms with Crippen molar-refractivity contribution in [3.63, 3.8) is 0 Å². The number of fused-ring (bicyclic) bond motifs is 1. The highest BCUT2D eigenvalue weighted by atomic mass is 19.1. The number of benzene rings is 2. The molecule has 2 aromatic carbocycles. The van der Waals surface area contributed by atoms with Crippen molar-refractivity contribution in [2.24, 2.45) is 0 Å². The molecule has 1 atom stereocenters. The van der Waals surface area contributed by atoms with Gasteiger partial charge in [-0.1, -0.05) is 36.4 Å². The van der Waals surface area contributed by atoms with E-state index in [-0.39, 0.29) is 6.61 Å². The molecular formula is C27H23F3N4O6. The number of rotatable bonds is 8. The van der Waals surface area contributed by atoms with Crippen molar-refractivity contribution in [1.29, 1.82) is 0 Å². The quantitative estimate of drug-likeness (QED) is 0.411. The van der Waals surface area contributed by atoms with Gasteiger partial charge < -0.3 is 20.1 Å². The highest BCUT2D eigenvalue weighted by Gasteiger charge is 2.38. The van der Waals surface area contributed by atoms with Gasteiger partial charge in [0.2, 0.25) is 5.43 Å². The molecule has 1 aliphatic heterocycles. The third kappa shape index (κ3) is 5.39. The van der Waals surface area contributed by atoms with E-state index in [1.54, 1.807) is 37.3 Å². The maximum absolute atomic E-state index is 14.1. The number of hydrogen-bond donors (Lipinski definition) is 2. The lowest BCUT2D eigenvalue weighted by atomic mass is 10.1. The standard InChI is InChI=1S/C27H23F3N4O6/c1-3-15(2)32-14-34(27(38)39)33-12-19(25(36)31-11-18-20(29)9-17(28)10-21(18)30)23(35)24(22(33)26(32)37)40-13-16-7-5-4-6-8-16/h3-10,12,15H,1,11,13-14H2,2H3,(H,31,36)(H,38,39)/t15-/m0/s1. The van der Waals surface area contributed by atoms with Crippen LogP contribution >= 0.6 is 0 Å². The molecule has 0 spiro atoms. The Bertz CT molecular complexity index is 1540. The van der Waals surface area contributed by atoms with E-state index in [2.05, 4.69) is 11.9 Å². The molecule has 3 aromatic rings. The molecule has 10 nitrogen and oxygen atoms in total. The number of hydrogen-bond acceptors (Lipinski definition) is 5. The topological polar surface area (TPSA) is 121 Å². The molecule has 0 bridgehead atoms. The number of nitrogens with zero attached hydrogens (tertiary/aromatic N) is 3. The van der Waals surface area contributed by atoms with Crippen LogP contribution in [0.25, 0.3) is 0 Å². The van der Waals surface area contributed by atoms with Gasteiger partial charge in [0, 0.05) is 36.5 Å². The van der Waals surface area contributed by atoms with E-state index in [0.717, 1.165) is 15.8 Å². The molecule has 4 rings (SSSR count). The minimum absolute atomic E-state index is 0.211. The van der Waals surface area contributed by atoms with Crippen LogP contribution in [0.2, 0.25) is 0 Å². The SMILES string of the molecule is C=C[C@H](C)N1CN(C(=O)O)n2cc(C(=O)NCc3c(F)cc(F)cc3F)c(=O)c(OCc3ccccc3)c2C1=O. The lowest BCUT2D eigenvalue weighted by molar-refractivity contribution is 0.0646. The number of nitrogens with one attached hydrogen (secondary N) is 1. The van der Waals surface area contributed by atoms with Gasteiger partial charge in [-0.25, -0.2) is 22.6 Å². The number of carboxylic acid groups (broad SMARTS) is 1.